The summed E-state index contributed by atoms with van der Waals surface area (Å²) in [6, 6.07) is 22.8. The largest absolute Gasteiger partial charge is 0.324 e. The fraction of sp³-hybridized carbons (Fsp3) is 0.172. The molecule has 3 aliphatic carbocycles. The SMILES string of the molecule is CC1(C(=O)Nc2ncc(-c3cccc4ccccc34)[nH]2)CC2c3ccccc3C1c1nccnc12. The van der Waals surface area contributed by atoms with Gasteiger partial charge in [-0.2, -0.15) is 0 Å². The second-order valence-corrected chi connectivity index (χ2v) is 9.69. The predicted molar refractivity (Wildman–Crippen MR) is 135 cm³/mol. The Kier molecular flexibility index (Phi) is 4.21. The number of rotatable bonds is 3. The zero-order valence-electron chi connectivity index (χ0n) is 19.2. The Morgan fingerprint density at radius 3 is 2.54 bits per heavy atom. The third-order valence-electron chi connectivity index (χ3n) is 7.71. The highest BCUT2D eigenvalue weighted by molar-refractivity contribution is 5.98. The molecule has 8 rings (SSSR count). The van der Waals surface area contributed by atoms with Gasteiger partial charge in [-0.05, 0) is 35.2 Å². The van der Waals surface area contributed by atoms with Crippen LogP contribution in [0.3, 0.4) is 0 Å². The number of amides is 1. The number of carbonyl (C=O) groups is 1. The van der Waals surface area contributed by atoms with Crippen LogP contribution in [0.15, 0.2) is 85.3 Å². The summed E-state index contributed by atoms with van der Waals surface area (Å²) in [5, 5.41) is 5.38. The van der Waals surface area contributed by atoms with Crippen LogP contribution >= 0.6 is 0 Å². The van der Waals surface area contributed by atoms with Crippen LogP contribution in [0, 0.1) is 5.41 Å². The molecular weight excluding hydrogens is 434 g/mol. The number of nitrogens with one attached hydrogen (secondary N) is 2. The van der Waals surface area contributed by atoms with E-state index in [1.807, 2.05) is 31.2 Å². The highest BCUT2D eigenvalue weighted by Crippen LogP contribution is 2.60. The van der Waals surface area contributed by atoms with Crippen molar-refractivity contribution in [3.8, 4) is 11.3 Å². The summed E-state index contributed by atoms with van der Waals surface area (Å²) in [5.74, 6) is 0.295. The Balaban J connectivity index is 1.24. The van der Waals surface area contributed by atoms with Gasteiger partial charge in [-0.1, -0.05) is 66.7 Å². The first-order valence-corrected chi connectivity index (χ1v) is 11.9. The van der Waals surface area contributed by atoms with Crippen LogP contribution in [-0.2, 0) is 4.79 Å². The normalized spacial score (nSPS) is 22.0. The van der Waals surface area contributed by atoms with E-state index in [1.165, 1.54) is 11.1 Å². The lowest BCUT2D eigenvalue weighted by molar-refractivity contribution is -0.127. The van der Waals surface area contributed by atoms with Gasteiger partial charge in [0.25, 0.3) is 0 Å². The number of carbonyl (C=O) groups excluding carboxylic acids is 1. The molecule has 0 fully saturated rings. The first-order chi connectivity index (χ1) is 17.1. The lowest BCUT2D eigenvalue weighted by atomic mass is 9.54. The second-order valence-electron chi connectivity index (χ2n) is 9.69. The fourth-order valence-electron chi connectivity index (χ4n) is 6.09. The van der Waals surface area contributed by atoms with Crippen molar-refractivity contribution in [1.29, 1.82) is 0 Å². The summed E-state index contributed by atoms with van der Waals surface area (Å²) in [7, 11) is 0. The molecule has 6 nitrogen and oxygen atoms in total. The maximum absolute atomic E-state index is 13.8. The lowest BCUT2D eigenvalue weighted by Gasteiger charge is -2.49. The molecule has 3 unspecified atom stereocenters. The van der Waals surface area contributed by atoms with Crippen LogP contribution in [-0.4, -0.2) is 25.8 Å². The molecule has 3 aromatic carbocycles. The summed E-state index contributed by atoms with van der Waals surface area (Å²) in [4.78, 5) is 31.0. The average Bonchev–Trinajstić information content (AvgIpc) is 3.36. The van der Waals surface area contributed by atoms with Crippen molar-refractivity contribution in [3.05, 3.63) is 108 Å². The number of H-pyrrole nitrogens is 1. The van der Waals surface area contributed by atoms with E-state index in [1.54, 1.807) is 18.6 Å². The number of aromatic amines is 1. The van der Waals surface area contributed by atoms with Crippen LogP contribution < -0.4 is 5.32 Å². The summed E-state index contributed by atoms with van der Waals surface area (Å²) in [6.45, 7) is 2.04. The minimum absolute atomic E-state index is 0.0542. The Labute approximate surface area is 202 Å². The molecule has 35 heavy (non-hydrogen) atoms. The summed E-state index contributed by atoms with van der Waals surface area (Å²) >= 11 is 0. The van der Waals surface area contributed by atoms with E-state index >= 15 is 0 Å². The van der Waals surface area contributed by atoms with Crippen molar-refractivity contribution < 1.29 is 4.79 Å². The van der Waals surface area contributed by atoms with Gasteiger partial charge in [-0.3, -0.25) is 20.1 Å². The first-order valence-electron chi connectivity index (χ1n) is 11.9. The highest BCUT2D eigenvalue weighted by atomic mass is 16.2. The molecule has 2 N–H and O–H groups in total. The van der Waals surface area contributed by atoms with Crippen molar-refractivity contribution in [2.45, 2.75) is 25.2 Å². The number of imidazole rings is 1. The van der Waals surface area contributed by atoms with E-state index in [9.17, 15) is 4.79 Å². The molecule has 170 valence electrons. The van der Waals surface area contributed by atoms with Gasteiger partial charge in [-0.25, -0.2) is 4.98 Å². The van der Waals surface area contributed by atoms with Gasteiger partial charge >= 0.3 is 0 Å². The fourth-order valence-corrected chi connectivity index (χ4v) is 6.09. The van der Waals surface area contributed by atoms with Crippen LogP contribution in [0.25, 0.3) is 22.0 Å². The van der Waals surface area contributed by atoms with Gasteiger partial charge in [0.05, 0.1) is 28.7 Å². The van der Waals surface area contributed by atoms with Gasteiger partial charge in [0.1, 0.15) is 0 Å². The molecule has 0 saturated heterocycles. The molecule has 6 heteroatoms. The standard InChI is InChI=1S/C29H23N5O/c1-29(15-22-19-10-4-5-11-21(19)24(29)26-25(22)30-13-14-31-26)27(35)34-28-32-16-23(33-28)20-12-6-8-17-7-2-3-9-18(17)20/h2-14,16,22,24H,15H2,1H3,(H2,32,33,34,35). The molecular formula is C29H23N5O. The number of hydrogen-bond donors (Lipinski definition) is 2. The number of benzene rings is 3. The van der Waals surface area contributed by atoms with Gasteiger partial charge < -0.3 is 4.98 Å². The van der Waals surface area contributed by atoms with Crippen molar-refractivity contribution in [2.24, 2.45) is 5.41 Å². The minimum Gasteiger partial charge on any atom is -0.324 e. The molecule has 3 atom stereocenters. The van der Waals surface area contributed by atoms with Crippen LogP contribution in [0.2, 0.25) is 0 Å². The molecule has 0 radical (unpaired) electrons. The molecule has 0 aliphatic heterocycles. The van der Waals surface area contributed by atoms with E-state index in [-0.39, 0.29) is 17.7 Å². The maximum Gasteiger partial charge on any atom is 0.233 e. The zero-order chi connectivity index (χ0) is 23.6. The van der Waals surface area contributed by atoms with E-state index in [0.717, 1.165) is 33.4 Å². The molecule has 0 saturated carbocycles. The number of anilines is 1. The third kappa shape index (κ3) is 2.89. The molecule has 2 aromatic heterocycles. The molecule has 0 spiro atoms. The van der Waals surface area contributed by atoms with Crippen molar-refractivity contribution in [2.75, 3.05) is 5.32 Å². The molecule has 2 bridgehead atoms. The number of aromatic nitrogens is 4. The van der Waals surface area contributed by atoms with Gasteiger partial charge in [0.2, 0.25) is 11.9 Å². The number of nitrogens with zero attached hydrogens (tertiary/aromatic N) is 3. The maximum atomic E-state index is 13.8. The quantitative estimate of drug-likeness (QED) is 0.367. The molecule has 5 aromatic rings. The Bertz CT molecular complexity index is 1570. The second kappa shape index (κ2) is 7.34. The van der Waals surface area contributed by atoms with Crippen LogP contribution in [0.5, 0.6) is 0 Å². The molecule has 2 heterocycles. The molecule has 3 aliphatic rings. The Morgan fingerprint density at radius 2 is 1.66 bits per heavy atom. The van der Waals surface area contributed by atoms with Crippen molar-refractivity contribution in [3.63, 3.8) is 0 Å². The molecule has 1 amide bonds. The predicted octanol–water partition coefficient (Wildman–Crippen LogP) is 5.65. The van der Waals surface area contributed by atoms with Crippen molar-refractivity contribution in [1.82, 2.24) is 19.9 Å². The topological polar surface area (TPSA) is 83.6 Å². The van der Waals surface area contributed by atoms with Crippen molar-refractivity contribution >= 4 is 22.6 Å². The summed E-state index contributed by atoms with van der Waals surface area (Å²) < 4.78 is 0. The minimum atomic E-state index is -0.672. The third-order valence-corrected chi connectivity index (χ3v) is 7.71. The van der Waals surface area contributed by atoms with E-state index in [0.29, 0.717) is 12.4 Å². The summed E-state index contributed by atoms with van der Waals surface area (Å²) in [5.41, 5.74) is 5.59. The van der Waals surface area contributed by atoms with E-state index < -0.39 is 5.41 Å². The number of fused-ring (bicyclic) bond motifs is 2. The average molecular weight is 458 g/mol. The smallest absolute Gasteiger partial charge is 0.233 e. The highest BCUT2D eigenvalue weighted by Gasteiger charge is 2.55. The van der Waals surface area contributed by atoms with Gasteiger partial charge in [-0.15, -0.1) is 0 Å². The first kappa shape index (κ1) is 20.1. The zero-order valence-corrected chi connectivity index (χ0v) is 19.2. The van der Waals surface area contributed by atoms with Crippen LogP contribution in [0.1, 0.15) is 47.7 Å². The Morgan fingerprint density at radius 1 is 0.914 bits per heavy atom. The Hall–Kier alpha value is -4.32. The monoisotopic (exact) mass is 457 g/mol. The number of hydrogen-bond acceptors (Lipinski definition) is 4. The lowest BCUT2D eigenvalue weighted by Crippen LogP contribution is -2.48. The summed E-state index contributed by atoms with van der Waals surface area (Å²) in [6.07, 6.45) is 5.94. The van der Waals surface area contributed by atoms with Gasteiger partial charge in [0.15, 0.2) is 0 Å². The van der Waals surface area contributed by atoms with E-state index in [2.05, 4.69) is 62.7 Å². The van der Waals surface area contributed by atoms with Gasteiger partial charge in [0, 0.05) is 29.8 Å². The van der Waals surface area contributed by atoms with Crippen LogP contribution in [0.4, 0.5) is 5.95 Å². The van der Waals surface area contributed by atoms with E-state index in [4.69, 9.17) is 4.98 Å².